The van der Waals surface area contributed by atoms with Crippen molar-refractivity contribution < 1.29 is 27.4 Å². The molecule has 4 rings (SSSR count). The van der Waals surface area contributed by atoms with Crippen molar-refractivity contribution in [1.82, 2.24) is 10.2 Å². The Hall–Kier alpha value is -2.45. The van der Waals surface area contributed by atoms with Crippen molar-refractivity contribution in [1.29, 1.82) is 0 Å². The Morgan fingerprint density at radius 1 is 1.16 bits per heavy atom. The van der Waals surface area contributed by atoms with Crippen LogP contribution in [-0.4, -0.2) is 42.8 Å². The van der Waals surface area contributed by atoms with Crippen LogP contribution in [0.3, 0.4) is 0 Å². The van der Waals surface area contributed by atoms with Crippen molar-refractivity contribution in [3.05, 3.63) is 64.7 Å². The maximum absolute atomic E-state index is 13.2. The summed E-state index contributed by atoms with van der Waals surface area (Å²) in [6.07, 6.45) is -3.40. The Morgan fingerprint density at radius 3 is 2.50 bits per heavy atom. The van der Waals surface area contributed by atoms with E-state index in [9.17, 15) is 18.0 Å². The van der Waals surface area contributed by atoms with E-state index in [0.29, 0.717) is 35.8 Å². The molecular formula is C23H24ClF3N2O3. The average Bonchev–Trinajstić information content (AvgIpc) is 3.13. The van der Waals surface area contributed by atoms with Crippen LogP contribution >= 0.6 is 11.6 Å². The summed E-state index contributed by atoms with van der Waals surface area (Å²) in [6, 6.07) is 12.0. The fourth-order valence-electron chi connectivity index (χ4n) is 4.15. The zero-order valence-corrected chi connectivity index (χ0v) is 18.1. The van der Waals surface area contributed by atoms with E-state index < -0.39 is 23.4 Å². The summed E-state index contributed by atoms with van der Waals surface area (Å²) in [5, 5.41) is 3.27. The molecule has 1 atom stereocenters. The largest absolute Gasteiger partial charge is 0.486 e. The lowest BCUT2D eigenvalue weighted by Gasteiger charge is -2.37. The molecule has 0 radical (unpaired) electrons. The van der Waals surface area contributed by atoms with Crippen molar-refractivity contribution in [2.24, 2.45) is 0 Å². The highest BCUT2D eigenvalue weighted by Gasteiger charge is 2.42. The molecule has 5 nitrogen and oxygen atoms in total. The molecule has 172 valence electrons. The number of nitrogens with one attached hydrogen (secondary N) is 1. The number of piperidine rings is 1. The molecule has 0 bridgehead atoms. The van der Waals surface area contributed by atoms with E-state index in [1.165, 1.54) is 6.07 Å². The zero-order valence-electron chi connectivity index (χ0n) is 17.3. The van der Waals surface area contributed by atoms with Crippen molar-refractivity contribution in [3.63, 3.8) is 0 Å². The summed E-state index contributed by atoms with van der Waals surface area (Å²) in [7, 11) is 0. The number of ether oxygens (including phenoxy) is 2. The fraction of sp³-hybridized carbons (Fsp3) is 0.435. The molecule has 1 amide bonds. The number of alkyl halides is 3. The van der Waals surface area contributed by atoms with Crippen LogP contribution in [0.5, 0.6) is 5.75 Å². The highest BCUT2D eigenvalue weighted by molar-refractivity contribution is 6.30. The van der Waals surface area contributed by atoms with Crippen LogP contribution in [0.15, 0.2) is 48.5 Å². The maximum atomic E-state index is 13.2. The van der Waals surface area contributed by atoms with Crippen molar-refractivity contribution >= 4 is 17.7 Å². The van der Waals surface area contributed by atoms with Gasteiger partial charge in [0.1, 0.15) is 17.5 Å². The summed E-state index contributed by atoms with van der Waals surface area (Å²) < 4.78 is 51.3. The fourth-order valence-corrected chi connectivity index (χ4v) is 4.28. The van der Waals surface area contributed by atoms with E-state index in [-0.39, 0.29) is 6.09 Å². The van der Waals surface area contributed by atoms with E-state index >= 15 is 0 Å². The molecule has 2 aromatic carbocycles. The summed E-state index contributed by atoms with van der Waals surface area (Å²) in [5.41, 5.74) is -0.666. The van der Waals surface area contributed by atoms with Crippen LogP contribution < -0.4 is 10.1 Å². The summed E-state index contributed by atoms with van der Waals surface area (Å²) in [6.45, 7) is 2.65. The van der Waals surface area contributed by atoms with Gasteiger partial charge in [-0.05, 0) is 42.0 Å². The number of likely N-dealkylation sites (tertiary alicyclic amines) is 1. The van der Waals surface area contributed by atoms with E-state index in [1.807, 2.05) is 0 Å². The number of halogens is 4. The Kier molecular flexibility index (Phi) is 6.53. The first-order valence-electron chi connectivity index (χ1n) is 10.5. The van der Waals surface area contributed by atoms with Crippen LogP contribution in [0.4, 0.5) is 18.0 Å². The molecule has 0 aliphatic carbocycles. The standard InChI is InChI=1S/C23H24ClF3N2O3/c24-18-4-6-19(7-5-18)31-20(16-2-1-3-17(14-16)23(25,26)27)8-11-29-12-9-22(10-13-29)15-28-21(30)32-22/h1-7,14,20H,8-13,15H2,(H,28,30)/t20-/m0/s1. The molecule has 0 unspecified atom stereocenters. The molecule has 9 heteroatoms. The molecule has 2 aromatic rings. The molecule has 2 saturated heterocycles. The van der Waals surface area contributed by atoms with Gasteiger partial charge in [-0.2, -0.15) is 13.2 Å². The Balaban J connectivity index is 1.45. The van der Waals surface area contributed by atoms with Crippen LogP contribution in [0.1, 0.15) is 36.5 Å². The van der Waals surface area contributed by atoms with Gasteiger partial charge in [0.05, 0.1) is 12.1 Å². The first kappa shape index (κ1) is 22.7. The molecule has 2 aliphatic heterocycles. The minimum atomic E-state index is -4.42. The normalized spacial score (nSPS) is 19.4. The lowest BCUT2D eigenvalue weighted by Crippen LogP contribution is -2.47. The molecule has 2 fully saturated rings. The summed E-state index contributed by atoms with van der Waals surface area (Å²) in [4.78, 5) is 13.6. The second-order valence-corrected chi connectivity index (χ2v) is 8.68. The highest BCUT2D eigenvalue weighted by Crippen LogP contribution is 2.34. The first-order chi connectivity index (χ1) is 15.2. The highest BCUT2D eigenvalue weighted by atomic mass is 35.5. The predicted molar refractivity (Wildman–Crippen MR) is 114 cm³/mol. The van der Waals surface area contributed by atoms with Gasteiger partial charge < -0.3 is 19.7 Å². The van der Waals surface area contributed by atoms with Crippen LogP contribution in [0.25, 0.3) is 0 Å². The number of alkyl carbamates (subject to hydrolysis) is 1. The second kappa shape index (κ2) is 9.19. The molecule has 0 aromatic heterocycles. The van der Waals surface area contributed by atoms with E-state index in [0.717, 1.165) is 38.1 Å². The number of hydrogen-bond acceptors (Lipinski definition) is 4. The molecule has 2 aliphatic rings. The molecule has 2 heterocycles. The van der Waals surface area contributed by atoms with E-state index in [4.69, 9.17) is 21.1 Å². The van der Waals surface area contributed by atoms with Gasteiger partial charge in [-0.3, -0.25) is 0 Å². The number of amides is 1. The van der Waals surface area contributed by atoms with Gasteiger partial charge in [-0.1, -0.05) is 23.7 Å². The number of nitrogens with zero attached hydrogens (tertiary/aromatic N) is 1. The number of rotatable bonds is 6. The number of carbonyl (C=O) groups is 1. The number of benzene rings is 2. The van der Waals surface area contributed by atoms with Crippen molar-refractivity contribution in [2.45, 2.75) is 37.1 Å². The third-order valence-electron chi connectivity index (χ3n) is 6.02. The van der Waals surface area contributed by atoms with E-state index in [2.05, 4.69) is 10.2 Å². The van der Waals surface area contributed by atoms with Gasteiger partial charge in [-0.15, -0.1) is 0 Å². The third-order valence-corrected chi connectivity index (χ3v) is 6.27. The zero-order chi connectivity index (χ0) is 22.8. The van der Waals surface area contributed by atoms with Gasteiger partial charge in [-0.25, -0.2) is 4.79 Å². The topological polar surface area (TPSA) is 50.8 Å². The molecule has 1 N–H and O–H groups in total. The maximum Gasteiger partial charge on any atom is 0.416 e. The van der Waals surface area contributed by atoms with Crippen molar-refractivity contribution in [2.75, 3.05) is 26.2 Å². The minimum absolute atomic E-state index is 0.376. The Labute approximate surface area is 189 Å². The Bertz CT molecular complexity index is 944. The lowest BCUT2D eigenvalue weighted by molar-refractivity contribution is -0.137. The summed E-state index contributed by atoms with van der Waals surface area (Å²) >= 11 is 5.94. The third kappa shape index (κ3) is 5.48. The smallest absolute Gasteiger partial charge is 0.416 e. The molecular weight excluding hydrogens is 445 g/mol. The van der Waals surface area contributed by atoms with Crippen molar-refractivity contribution in [3.8, 4) is 5.75 Å². The molecule has 0 saturated carbocycles. The van der Waals surface area contributed by atoms with Gasteiger partial charge in [0.25, 0.3) is 0 Å². The van der Waals surface area contributed by atoms with Gasteiger partial charge in [0.2, 0.25) is 0 Å². The van der Waals surface area contributed by atoms with Gasteiger partial charge in [0.15, 0.2) is 0 Å². The predicted octanol–water partition coefficient (Wildman–Crippen LogP) is 5.44. The lowest BCUT2D eigenvalue weighted by atomic mass is 9.91. The second-order valence-electron chi connectivity index (χ2n) is 8.24. The number of hydrogen-bond donors (Lipinski definition) is 1. The van der Waals surface area contributed by atoms with Crippen LogP contribution in [-0.2, 0) is 10.9 Å². The quantitative estimate of drug-likeness (QED) is 0.613. The van der Waals surface area contributed by atoms with Crippen LogP contribution in [0, 0.1) is 0 Å². The first-order valence-corrected chi connectivity index (χ1v) is 10.9. The van der Waals surface area contributed by atoms with Crippen LogP contribution in [0.2, 0.25) is 5.02 Å². The SMILES string of the molecule is O=C1NCC2(CCN(CC[C@H](Oc3ccc(Cl)cc3)c3cccc(C(F)(F)F)c3)CC2)O1. The average molecular weight is 469 g/mol. The minimum Gasteiger partial charge on any atom is -0.486 e. The monoisotopic (exact) mass is 468 g/mol. The summed E-state index contributed by atoms with van der Waals surface area (Å²) in [5.74, 6) is 0.540. The van der Waals surface area contributed by atoms with E-state index in [1.54, 1.807) is 30.3 Å². The Morgan fingerprint density at radius 2 is 1.88 bits per heavy atom. The molecule has 1 spiro atoms. The van der Waals surface area contributed by atoms with Gasteiger partial charge in [0, 0.05) is 43.9 Å². The number of carbonyl (C=O) groups excluding carboxylic acids is 1. The molecule has 32 heavy (non-hydrogen) atoms. The van der Waals surface area contributed by atoms with Gasteiger partial charge >= 0.3 is 12.3 Å².